The molecule has 30 heavy (non-hydrogen) atoms. The molecule has 1 aliphatic heterocycles. The van der Waals surface area contributed by atoms with Crippen LogP contribution in [0.1, 0.15) is 18.1 Å². The van der Waals surface area contributed by atoms with Crippen molar-refractivity contribution in [3.05, 3.63) is 87.6 Å². The van der Waals surface area contributed by atoms with Crippen LogP contribution < -0.4 is 5.56 Å². The van der Waals surface area contributed by atoms with E-state index in [1.165, 1.54) is 0 Å². The van der Waals surface area contributed by atoms with E-state index >= 15 is 0 Å². The van der Waals surface area contributed by atoms with Crippen LogP contribution in [0.3, 0.4) is 0 Å². The minimum atomic E-state index is -0.133. The molecule has 0 bridgehead atoms. The summed E-state index contributed by atoms with van der Waals surface area (Å²) < 4.78 is 3.17. The lowest BCUT2D eigenvalue weighted by atomic mass is 9.99. The molecule has 7 heteroatoms. The number of carbonyl (C=O) groups is 1. The summed E-state index contributed by atoms with van der Waals surface area (Å²) in [5, 5.41) is 5.10. The molecule has 6 nitrogen and oxygen atoms in total. The maximum absolute atomic E-state index is 13.2. The zero-order valence-electron chi connectivity index (χ0n) is 16.4. The van der Waals surface area contributed by atoms with Crippen molar-refractivity contribution in [2.45, 2.75) is 19.9 Å². The summed E-state index contributed by atoms with van der Waals surface area (Å²) in [5.41, 5.74) is 5.31. The highest BCUT2D eigenvalue weighted by molar-refractivity contribution is 6.30. The SMILES string of the molecule is CC(=O)N1CCc2cc(-n3cnn4cc(-c5ccc(Cl)cc5)cc4c3=O)ccc2C1. The van der Waals surface area contributed by atoms with Gasteiger partial charge in [0.2, 0.25) is 5.91 Å². The molecule has 1 amide bonds. The van der Waals surface area contributed by atoms with E-state index in [1.54, 1.807) is 22.3 Å². The minimum Gasteiger partial charge on any atom is -0.338 e. The van der Waals surface area contributed by atoms with Gasteiger partial charge in [0.15, 0.2) is 0 Å². The Morgan fingerprint density at radius 1 is 1.03 bits per heavy atom. The number of nitrogens with zero attached hydrogens (tertiary/aromatic N) is 4. The number of carbonyl (C=O) groups excluding carboxylic acids is 1. The lowest BCUT2D eigenvalue weighted by Crippen LogP contribution is -2.34. The molecule has 0 N–H and O–H groups in total. The van der Waals surface area contributed by atoms with Gasteiger partial charge in [0.1, 0.15) is 11.8 Å². The maximum Gasteiger partial charge on any atom is 0.282 e. The molecule has 0 unspecified atom stereocenters. The van der Waals surface area contributed by atoms with E-state index in [-0.39, 0.29) is 11.5 Å². The zero-order valence-corrected chi connectivity index (χ0v) is 17.1. The van der Waals surface area contributed by atoms with E-state index in [4.69, 9.17) is 11.6 Å². The van der Waals surface area contributed by atoms with E-state index in [2.05, 4.69) is 5.10 Å². The van der Waals surface area contributed by atoms with Crippen molar-refractivity contribution in [3.8, 4) is 16.8 Å². The van der Waals surface area contributed by atoms with E-state index < -0.39 is 0 Å². The second kappa shape index (κ2) is 7.15. The largest absolute Gasteiger partial charge is 0.338 e. The normalized spacial score (nSPS) is 13.5. The summed E-state index contributed by atoms with van der Waals surface area (Å²) in [6, 6.07) is 15.3. The average Bonchev–Trinajstić information content (AvgIpc) is 3.19. The van der Waals surface area contributed by atoms with Crippen LogP contribution >= 0.6 is 11.6 Å². The van der Waals surface area contributed by atoms with E-state index in [0.717, 1.165) is 34.4 Å². The second-order valence-corrected chi connectivity index (χ2v) is 7.95. The first-order valence-corrected chi connectivity index (χ1v) is 10.1. The third kappa shape index (κ3) is 3.19. The minimum absolute atomic E-state index is 0.0836. The zero-order chi connectivity index (χ0) is 20.8. The Balaban J connectivity index is 1.54. The molecule has 0 radical (unpaired) electrons. The van der Waals surface area contributed by atoms with E-state index in [1.807, 2.05) is 59.6 Å². The van der Waals surface area contributed by atoms with Gasteiger partial charge in [-0.1, -0.05) is 29.8 Å². The fraction of sp³-hybridized carbons (Fsp3) is 0.174. The van der Waals surface area contributed by atoms with Gasteiger partial charge in [0.25, 0.3) is 5.56 Å². The summed E-state index contributed by atoms with van der Waals surface area (Å²) in [4.78, 5) is 26.6. The van der Waals surface area contributed by atoms with Crippen molar-refractivity contribution in [2.75, 3.05) is 6.54 Å². The summed E-state index contributed by atoms with van der Waals surface area (Å²) in [5.74, 6) is 0.0836. The summed E-state index contributed by atoms with van der Waals surface area (Å²) in [6.07, 6.45) is 4.17. The third-order valence-corrected chi connectivity index (χ3v) is 5.88. The Hall–Kier alpha value is -3.38. The molecule has 4 aromatic rings. The molecule has 2 aromatic carbocycles. The molecule has 0 saturated heterocycles. The van der Waals surface area contributed by atoms with Crippen LogP contribution in [0.25, 0.3) is 22.3 Å². The van der Waals surface area contributed by atoms with Gasteiger partial charge in [0, 0.05) is 36.8 Å². The van der Waals surface area contributed by atoms with Gasteiger partial charge in [-0.05, 0) is 53.4 Å². The van der Waals surface area contributed by atoms with Crippen LogP contribution in [-0.4, -0.2) is 31.5 Å². The Kier molecular flexibility index (Phi) is 4.44. The average molecular weight is 419 g/mol. The van der Waals surface area contributed by atoms with Gasteiger partial charge < -0.3 is 4.90 Å². The summed E-state index contributed by atoms with van der Waals surface area (Å²) in [7, 11) is 0. The number of fused-ring (bicyclic) bond motifs is 2. The Bertz CT molecular complexity index is 1340. The van der Waals surface area contributed by atoms with Gasteiger partial charge >= 0.3 is 0 Å². The molecule has 3 heterocycles. The van der Waals surface area contributed by atoms with Crippen LogP contribution in [0.4, 0.5) is 0 Å². The fourth-order valence-corrected chi connectivity index (χ4v) is 4.06. The van der Waals surface area contributed by atoms with Crippen LogP contribution in [0.2, 0.25) is 5.02 Å². The fourth-order valence-electron chi connectivity index (χ4n) is 3.93. The molecule has 0 atom stereocenters. The quantitative estimate of drug-likeness (QED) is 0.498. The molecular weight excluding hydrogens is 400 g/mol. The van der Waals surface area contributed by atoms with Gasteiger partial charge in [0.05, 0.1) is 5.69 Å². The lowest BCUT2D eigenvalue weighted by molar-refractivity contribution is -0.129. The Morgan fingerprint density at radius 3 is 2.60 bits per heavy atom. The van der Waals surface area contributed by atoms with Crippen molar-refractivity contribution >= 4 is 23.0 Å². The molecule has 0 aliphatic carbocycles. The van der Waals surface area contributed by atoms with Crippen LogP contribution in [0.15, 0.2) is 65.8 Å². The number of amides is 1. The predicted molar refractivity (Wildman–Crippen MR) is 116 cm³/mol. The van der Waals surface area contributed by atoms with Crippen LogP contribution in [0, 0.1) is 0 Å². The smallest absolute Gasteiger partial charge is 0.282 e. The van der Waals surface area contributed by atoms with Crippen molar-refractivity contribution in [2.24, 2.45) is 0 Å². The first kappa shape index (κ1) is 18.6. The number of hydrogen-bond donors (Lipinski definition) is 0. The first-order chi connectivity index (χ1) is 14.5. The van der Waals surface area contributed by atoms with Crippen molar-refractivity contribution in [1.29, 1.82) is 0 Å². The van der Waals surface area contributed by atoms with E-state index in [9.17, 15) is 9.59 Å². The highest BCUT2D eigenvalue weighted by Gasteiger charge is 2.19. The topological polar surface area (TPSA) is 59.6 Å². The number of aromatic nitrogens is 3. The number of hydrogen-bond acceptors (Lipinski definition) is 3. The van der Waals surface area contributed by atoms with E-state index in [0.29, 0.717) is 23.6 Å². The van der Waals surface area contributed by atoms with Crippen molar-refractivity contribution < 1.29 is 4.79 Å². The van der Waals surface area contributed by atoms with Crippen LogP contribution in [0.5, 0.6) is 0 Å². The molecule has 1 aliphatic rings. The summed E-state index contributed by atoms with van der Waals surface area (Å²) in [6.45, 7) is 2.90. The molecule has 2 aromatic heterocycles. The van der Waals surface area contributed by atoms with Crippen LogP contribution in [-0.2, 0) is 17.8 Å². The number of halogens is 1. The Morgan fingerprint density at radius 2 is 1.83 bits per heavy atom. The monoisotopic (exact) mass is 418 g/mol. The molecular formula is C23H19ClN4O2. The van der Waals surface area contributed by atoms with Gasteiger partial charge in [-0.2, -0.15) is 5.10 Å². The maximum atomic E-state index is 13.2. The lowest BCUT2D eigenvalue weighted by Gasteiger charge is -2.28. The first-order valence-electron chi connectivity index (χ1n) is 9.73. The van der Waals surface area contributed by atoms with Gasteiger partial charge in [-0.25, -0.2) is 4.52 Å². The standard InChI is InChI=1S/C23H19ClN4O2/c1-15(29)26-9-8-17-10-21(7-4-18(17)12-26)27-14-25-28-13-19(11-22(28)23(27)30)16-2-5-20(24)6-3-16/h2-7,10-11,13-14H,8-9,12H2,1H3. The number of rotatable bonds is 2. The van der Waals surface area contributed by atoms with Crippen molar-refractivity contribution in [3.63, 3.8) is 0 Å². The van der Waals surface area contributed by atoms with Gasteiger partial charge in [-0.3, -0.25) is 14.2 Å². The third-order valence-electron chi connectivity index (χ3n) is 5.63. The highest BCUT2D eigenvalue weighted by atomic mass is 35.5. The highest BCUT2D eigenvalue weighted by Crippen LogP contribution is 2.24. The molecule has 150 valence electrons. The summed E-state index contributed by atoms with van der Waals surface area (Å²) >= 11 is 5.98. The van der Waals surface area contributed by atoms with Crippen molar-refractivity contribution in [1.82, 2.24) is 19.1 Å². The predicted octanol–water partition coefficient (Wildman–Crippen LogP) is 3.71. The molecule has 0 saturated carbocycles. The molecule has 5 rings (SSSR count). The molecule has 0 fully saturated rings. The number of benzene rings is 2. The molecule has 0 spiro atoms. The Labute approximate surface area is 177 Å². The van der Waals surface area contributed by atoms with Gasteiger partial charge in [-0.15, -0.1) is 0 Å². The second-order valence-electron chi connectivity index (χ2n) is 7.52.